The minimum atomic E-state index is -1.23. The summed E-state index contributed by atoms with van der Waals surface area (Å²) in [5.41, 5.74) is 0.929. The second-order valence-corrected chi connectivity index (χ2v) is 5.69. The molecule has 0 radical (unpaired) electrons. The van der Waals surface area contributed by atoms with Gasteiger partial charge in [0.15, 0.2) is 5.82 Å². The largest absolute Gasteiger partial charge is 0.478 e. The molecule has 0 atom stereocenters. The van der Waals surface area contributed by atoms with Gasteiger partial charge in [-0.25, -0.2) is 14.2 Å². The first-order valence-corrected chi connectivity index (χ1v) is 6.44. The van der Waals surface area contributed by atoms with Crippen molar-refractivity contribution >= 4 is 5.97 Å². The first kappa shape index (κ1) is 15.0. The normalized spacial score (nSPS) is 11.2. The number of aromatic nitrogens is 1. The summed E-state index contributed by atoms with van der Waals surface area (Å²) in [6, 6.07) is 8.14. The predicted octanol–water partition coefficient (Wildman–Crippen LogP) is 4.01. The van der Waals surface area contributed by atoms with Gasteiger partial charge in [-0.1, -0.05) is 32.9 Å². The molecule has 0 aliphatic carbocycles. The minimum Gasteiger partial charge on any atom is -0.478 e. The highest BCUT2D eigenvalue weighted by Gasteiger charge is 2.14. The summed E-state index contributed by atoms with van der Waals surface area (Å²) in [5.74, 6) is -1.85. The number of aromatic carboxylic acids is 1. The lowest BCUT2D eigenvalue weighted by atomic mass is 9.87. The minimum absolute atomic E-state index is 0.0190. The summed E-state index contributed by atoms with van der Waals surface area (Å²) in [6.07, 6.45) is 1.06. The van der Waals surface area contributed by atoms with Crippen molar-refractivity contribution < 1.29 is 19.0 Å². The molecule has 0 aliphatic rings. The Bertz CT molecular complexity index is 660. The number of pyridine rings is 1. The van der Waals surface area contributed by atoms with E-state index < -0.39 is 11.8 Å². The van der Waals surface area contributed by atoms with Crippen molar-refractivity contribution in [3.05, 3.63) is 53.5 Å². The van der Waals surface area contributed by atoms with Gasteiger partial charge in [0, 0.05) is 6.20 Å². The van der Waals surface area contributed by atoms with Crippen LogP contribution in [0.15, 0.2) is 36.5 Å². The lowest BCUT2D eigenvalue weighted by Gasteiger charge is -2.19. The van der Waals surface area contributed by atoms with Crippen molar-refractivity contribution in [2.75, 3.05) is 0 Å². The van der Waals surface area contributed by atoms with E-state index in [1.165, 1.54) is 0 Å². The summed E-state index contributed by atoms with van der Waals surface area (Å²) >= 11 is 0. The van der Waals surface area contributed by atoms with Gasteiger partial charge >= 0.3 is 5.97 Å². The SMILES string of the molecule is CC(C)(C)c1ccc(Oc2ncc(C(=O)O)cc2F)cc1. The molecule has 1 N–H and O–H groups in total. The molecule has 110 valence electrons. The maximum Gasteiger partial charge on any atom is 0.337 e. The van der Waals surface area contributed by atoms with Gasteiger partial charge in [0.25, 0.3) is 5.88 Å². The Hall–Kier alpha value is -2.43. The fourth-order valence-electron chi connectivity index (χ4n) is 1.75. The van der Waals surface area contributed by atoms with E-state index in [1.807, 2.05) is 12.1 Å². The molecule has 0 bridgehead atoms. The predicted molar refractivity (Wildman–Crippen MR) is 76.4 cm³/mol. The first-order valence-electron chi connectivity index (χ1n) is 6.44. The summed E-state index contributed by atoms with van der Waals surface area (Å²) in [4.78, 5) is 14.4. The zero-order chi connectivity index (χ0) is 15.6. The van der Waals surface area contributed by atoms with Crippen LogP contribution in [0.4, 0.5) is 4.39 Å². The molecule has 0 spiro atoms. The molecule has 1 aromatic carbocycles. The van der Waals surface area contributed by atoms with E-state index in [0.29, 0.717) is 5.75 Å². The van der Waals surface area contributed by atoms with E-state index in [2.05, 4.69) is 25.8 Å². The van der Waals surface area contributed by atoms with E-state index in [1.54, 1.807) is 12.1 Å². The van der Waals surface area contributed by atoms with Crippen molar-refractivity contribution in [1.29, 1.82) is 0 Å². The maximum absolute atomic E-state index is 13.7. The van der Waals surface area contributed by atoms with Crippen LogP contribution in [0.2, 0.25) is 0 Å². The second-order valence-electron chi connectivity index (χ2n) is 5.69. The van der Waals surface area contributed by atoms with Crippen LogP contribution in [0.3, 0.4) is 0 Å². The third-order valence-corrected chi connectivity index (χ3v) is 2.99. The average Bonchev–Trinajstić information content (AvgIpc) is 2.40. The van der Waals surface area contributed by atoms with E-state index in [9.17, 15) is 9.18 Å². The second kappa shape index (κ2) is 5.52. The number of halogens is 1. The Kier molecular flexibility index (Phi) is 3.93. The van der Waals surface area contributed by atoms with Crippen molar-refractivity contribution in [3.8, 4) is 11.6 Å². The van der Waals surface area contributed by atoms with Crippen molar-refractivity contribution in [3.63, 3.8) is 0 Å². The van der Waals surface area contributed by atoms with E-state index in [4.69, 9.17) is 9.84 Å². The molecule has 0 saturated heterocycles. The van der Waals surface area contributed by atoms with Crippen LogP contribution < -0.4 is 4.74 Å². The number of benzene rings is 1. The van der Waals surface area contributed by atoms with E-state index in [0.717, 1.165) is 17.8 Å². The molecule has 0 unspecified atom stereocenters. The lowest BCUT2D eigenvalue weighted by Crippen LogP contribution is -2.10. The smallest absolute Gasteiger partial charge is 0.337 e. The summed E-state index contributed by atoms with van der Waals surface area (Å²) in [6.45, 7) is 6.28. The van der Waals surface area contributed by atoms with Gasteiger partial charge in [-0.3, -0.25) is 0 Å². The maximum atomic E-state index is 13.7. The zero-order valence-corrected chi connectivity index (χ0v) is 12.1. The molecule has 0 saturated carbocycles. The van der Waals surface area contributed by atoms with Crippen LogP contribution in [0, 0.1) is 5.82 Å². The number of hydrogen-bond acceptors (Lipinski definition) is 3. The monoisotopic (exact) mass is 289 g/mol. The molecular weight excluding hydrogens is 273 g/mol. The Balaban J connectivity index is 2.20. The zero-order valence-electron chi connectivity index (χ0n) is 12.1. The molecule has 1 aromatic heterocycles. The van der Waals surface area contributed by atoms with Crippen LogP contribution in [-0.2, 0) is 5.41 Å². The third kappa shape index (κ3) is 3.56. The van der Waals surface area contributed by atoms with Gasteiger partial charge in [0.1, 0.15) is 5.75 Å². The van der Waals surface area contributed by atoms with Crippen molar-refractivity contribution in [2.24, 2.45) is 0 Å². The quantitative estimate of drug-likeness (QED) is 0.927. The van der Waals surface area contributed by atoms with E-state index >= 15 is 0 Å². The van der Waals surface area contributed by atoms with Gasteiger partial charge in [-0.15, -0.1) is 0 Å². The highest BCUT2D eigenvalue weighted by atomic mass is 19.1. The average molecular weight is 289 g/mol. The summed E-state index contributed by atoms with van der Waals surface area (Å²) < 4.78 is 19.0. The highest BCUT2D eigenvalue weighted by Crippen LogP contribution is 2.27. The van der Waals surface area contributed by atoms with Gasteiger partial charge in [0.2, 0.25) is 0 Å². The van der Waals surface area contributed by atoms with Crippen LogP contribution in [0.5, 0.6) is 11.6 Å². The topological polar surface area (TPSA) is 59.4 Å². The standard InChI is InChI=1S/C16H16FNO3/c1-16(2,3)11-4-6-12(7-5-11)21-14-13(17)8-10(9-18-14)15(19)20/h4-9H,1-3H3,(H,19,20). The molecule has 21 heavy (non-hydrogen) atoms. The Morgan fingerprint density at radius 2 is 1.86 bits per heavy atom. The number of rotatable bonds is 3. The third-order valence-electron chi connectivity index (χ3n) is 2.99. The Morgan fingerprint density at radius 3 is 2.33 bits per heavy atom. The van der Waals surface area contributed by atoms with Gasteiger partial charge in [-0.05, 0) is 29.2 Å². The number of carbonyl (C=O) groups is 1. The molecule has 4 nitrogen and oxygen atoms in total. The molecule has 2 aromatic rings. The molecule has 0 aliphatic heterocycles. The molecule has 2 rings (SSSR count). The first-order chi connectivity index (χ1) is 9.77. The fourth-order valence-corrected chi connectivity index (χ4v) is 1.75. The van der Waals surface area contributed by atoms with E-state index in [-0.39, 0.29) is 16.9 Å². The molecule has 0 fully saturated rings. The van der Waals surface area contributed by atoms with Gasteiger partial charge in [0.05, 0.1) is 5.56 Å². The molecule has 5 heteroatoms. The van der Waals surface area contributed by atoms with Crippen LogP contribution in [0.1, 0.15) is 36.7 Å². The summed E-state index contributed by atoms with van der Waals surface area (Å²) in [5, 5.41) is 8.75. The van der Waals surface area contributed by atoms with Crippen LogP contribution >= 0.6 is 0 Å². The number of carboxylic acid groups (broad SMARTS) is 1. The number of ether oxygens (including phenoxy) is 1. The molecule has 0 amide bonds. The number of carboxylic acids is 1. The Morgan fingerprint density at radius 1 is 1.24 bits per heavy atom. The van der Waals surface area contributed by atoms with Crippen molar-refractivity contribution in [1.82, 2.24) is 4.98 Å². The summed E-state index contributed by atoms with van der Waals surface area (Å²) in [7, 11) is 0. The van der Waals surface area contributed by atoms with Crippen LogP contribution in [0.25, 0.3) is 0 Å². The highest BCUT2D eigenvalue weighted by molar-refractivity contribution is 5.87. The molecular formula is C16H16FNO3. The molecule has 1 heterocycles. The lowest BCUT2D eigenvalue weighted by molar-refractivity contribution is 0.0695. The van der Waals surface area contributed by atoms with Crippen molar-refractivity contribution in [2.45, 2.75) is 26.2 Å². The fraction of sp³-hybridized carbons (Fsp3) is 0.250. The number of nitrogens with zero attached hydrogens (tertiary/aromatic N) is 1. The van der Waals surface area contributed by atoms with Gasteiger partial charge in [-0.2, -0.15) is 0 Å². The van der Waals surface area contributed by atoms with Gasteiger partial charge < -0.3 is 9.84 Å². The van der Waals surface area contributed by atoms with Crippen LogP contribution in [-0.4, -0.2) is 16.1 Å². The Labute approximate surface area is 122 Å². The number of hydrogen-bond donors (Lipinski definition) is 1.